The number of nitrogens with one attached hydrogen (secondary N) is 2. The maximum Gasteiger partial charge on any atom is 0.227 e. The quantitative estimate of drug-likeness (QED) is 0.349. The van der Waals surface area contributed by atoms with Crippen LogP contribution in [0.1, 0.15) is 30.9 Å². The third-order valence-electron chi connectivity index (χ3n) is 4.54. The molecule has 8 heteroatoms. The second kappa shape index (κ2) is 11.1. The number of benzene rings is 2. The lowest BCUT2D eigenvalue weighted by Gasteiger charge is -2.16. The normalized spacial score (nSPS) is 14.0. The monoisotopic (exact) mass is 514 g/mol. The molecule has 1 amide bonds. The van der Waals surface area contributed by atoms with Crippen LogP contribution in [0, 0.1) is 11.6 Å². The summed E-state index contributed by atoms with van der Waals surface area (Å²) in [5.41, 5.74) is 2.14. The van der Waals surface area contributed by atoms with E-state index >= 15 is 0 Å². The lowest BCUT2D eigenvalue weighted by atomic mass is 10.2. The van der Waals surface area contributed by atoms with E-state index in [1.54, 1.807) is 4.90 Å². The number of rotatable bonds is 6. The van der Waals surface area contributed by atoms with Crippen molar-refractivity contribution in [3.63, 3.8) is 0 Å². The minimum absolute atomic E-state index is 0. The van der Waals surface area contributed by atoms with Crippen LogP contribution in [-0.4, -0.2) is 25.0 Å². The van der Waals surface area contributed by atoms with E-state index in [0.717, 1.165) is 36.3 Å². The minimum atomic E-state index is -0.475. The van der Waals surface area contributed by atoms with Crippen molar-refractivity contribution in [2.75, 3.05) is 18.0 Å². The largest absolute Gasteiger partial charge is 0.357 e. The molecule has 0 bridgehead atoms. The van der Waals surface area contributed by atoms with E-state index in [4.69, 9.17) is 0 Å². The molecule has 0 atom stereocenters. The van der Waals surface area contributed by atoms with Gasteiger partial charge < -0.3 is 15.5 Å². The van der Waals surface area contributed by atoms with Crippen molar-refractivity contribution < 1.29 is 13.6 Å². The summed E-state index contributed by atoms with van der Waals surface area (Å²) in [4.78, 5) is 18.1. The number of aliphatic imine (C=N–C) groups is 1. The highest BCUT2D eigenvalue weighted by Crippen LogP contribution is 2.21. The van der Waals surface area contributed by atoms with Gasteiger partial charge in [-0.2, -0.15) is 0 Å². The first-order chi connectivity index (χ1) is 13.6. The minimum Gasteiger partial charge on any atom is -0.357 e. The molecule has 0 spiro atoms. The van der Waals surface area contributed by atoms with Crippen LogP contribution < -0.4 is 15.5 Å². The van der Waals surface area contributed by atoms with Gasteiger partial charge in [-0.3, -0.25) is 4.79 Å². The van der Waals surface area contributed by atoms with Crippen LogP contribution in [0.5, 0.6) is 0 Å². The number of carbonyl (C=O) groups excluding carboxylic acids is 1. The molecule has 3 rings (SSSR count). The van der Waals surface area contributed by atoms with Crippen LogP contribution in [0.25, 0.3) is 0 Å². The zero-order chi connectivity index (χ0) is 19.9. The number of amides is 1. The topological polar surface area (TPSA) is 56.7 Å². The Kier molecular flexibility index (Phi) is 8.81. The van der Waals surface area contributed by atoms with Gasteiger partial charge in [0.25, 0.3) is 0 Å². The fraction of sp³-hybridized carbons (Fsp3) is 0.333. The molecule has 0 saturated carbocycles. The predicted octanol–water partition coefficient (Wildman–Crippen LogP) is 3.96. The van der Waals surface area contributed by atoms with Crippen molar-refractivity contribution in [2.24, 2.45) is 4.99 Å². The molecular formula is C21H25F2IN4O. The van der Waals surface area contributed by atoms with E-state index in [2.05, 4.69) is 15.6 Å². The first-order valence-electron chi connectivity index (χ1n) is 9.42. The molecule has 2 N–H and O–H groups in total. The summed E-state index contributed by atoms with van der Waals surface area (Å²) in [6.45, 7) is 3.90. The number of guanidine groups is 1. The predicted molar refractivity (Wildman–Crippen MR) is 121 cm³/mol. The molecule has 1 heterocycles. The number of hydrogen-bond donors (Lipinski definition) is 2. The van der Waals surface area contributed by atoms with Crippen molar-refractivity contribution in [2.45, 2.75) is 32.9 Å². The molecule has 2 aromatic carbocycles. The number of anilines is 1. The van der Waals surface area contributed by atoms with Gasteiger partial charge in [0, 0.05) is 37.3 Å². The summed E-state index contributed by atoms with van der Waals surface area (Å²) in [5.74, 6) is -0.257. The smallest absolute Gasteiger partial charge is 0.227 e. The van der Waals surface area contributed by atoms with E-state index in [0.29, 0.717) is 25.5 Å². The summed E-state index contributed by atoms with van der Waals surface area (Å²) >= 11 is 0. The molecule has 2 aromatic rings. The first-order valence-corrected chi connectivity index (χ1v) is 9.42. The molecule has 0 aliphatic carbocycles. The van der Waals surface area contributed by atoms with E-state index in [1.165, 1.54) is 6.07 Å². The van der Waals surface area contributed by atoms with E-state index in [-0.39, 0.29) is 42.0 Å². The molecule has 29 heavy (non-hydrogen) atoms. The standard InChI is InChI=1S/C21H24F2N4O.HI/c1-2-24-21(26-14-16-12-17(22)7-10-19(16)23)25-13-15-5-8-18(9-6-15)27-11-3-4-20(27)28;/h5-10,12H,2-4,11,13-14H2,1H3,(H2,24,25,26);1H. The fourth-order valence-electron chi connectivity index (χ4n) is 3.07. The van der Waals surface area contributed by atoms with Crippen LogP contribution in [0.15, 0.2) is 47.5 Å². The van der Waals surface area contributed by atoms with Crippen LogP contribution in [0.4, 0.5) is 14.5 Å². The van der Waals surface area contributed by atoms with Crippen molar-refractivity contribution in [1.29, 1.82) is 0 Å². The summed E-state index contributed by atoms with van der Waals surface area (Å²) < 4.78 is 27.0. The van der Waals surface area contributed by atoms with E-state index < -0.39 is 11.6 Å². The molecule has 1 aliphatic heterocycles. The van der Waals surface area contributed by atoms with Crippen molar-refractivity contribution >= 4 is 41.5 Å². The van der Waals surface area contributed by atoms with E-state index in [9.17, 15) is 13.6 Å². The number of hydrogen-bond acceptors (Lipinski definition) is 2. The lowest BCUT2D eigenvalue weighted by molar-refractivity contribution is -0.117. The third-order valence-corrected chi connectivity index (χ3v) is 4.54. The van der Waals surface area contributed by atoms with Crippen molar-refractivity contribution in [1.82, 2.24) is 10.6 Å². The zero-order valence-corrected chi connectivity index (χ0v) is 18.6. The van der Waals surface area contributed by atoms with Gasteiger partial charge in [-0.25, -0.2) is 13.8 Å². The number of nitrogens with zero attached hydrogens (tertiary/aromatic N) is 2. The molecule has 156 valence electrons. The first kappa shape index (κ1) is 23.1. The SMILES string of the molecule is CCNC(=NCc1ccc(N2CCCC2=O)cc1)NCc1cc(F)ccc1F.I. The maximum absolute atomic E-state index is 13.8. The molecule has 1 fully saturated rings. The molecule has 1 aliphatic rings. The Balaban J connectivity index is 0.00000300. The molecular weight excluding hydrogens is 489 g/mol. The van der Waals surface area contributed by atoms with Crippen molar-refractivity contribution in [3.8, 4) is 0 Å². The second-order valence-electron chi connectivity index (χ2n) is 6.60. The molecule has 5 nitrogen and oxygen atoms in total. The van der Waals surface area contributed by atoms with Crippen LogP contribution >= 0.6 is 24.0 Å². The van der Waals surface area contributed by atoms with E-state index in [1.807, 2.05) is 31.2 Å². The van der Waals surface area contributed by atoms with Gasteiger partial charge in [-0.15, -0.1) is 24.0 Å². The molecule has 0 radical (unpaired) electrons. The average molecular weight is 514 g/mol. The Morgan fingerprint density at radius 2 is 1.90 bits per heavy atom. The Labute approximate surface area is 186 Å². The number of halogens is 3. The summed E-state index contributed by atoms with van der Waals surface area (Å²) in [5, 5.41) is 6.11. The maximum atomic E-state index is 13.8. The Morgan fingerprint density at radius 1 is 1.14 bits per heavy atom. The summed E-state index contributed by atoms with van der Waals surface area (Å²) in [7, 11) is 0. The molecule has 1 saturated heterocycles. The number of carbonyl (C=O) groups is 1. The van der Waals surface area contributed by atoms with Crippen LogP contribution in [0.2, 0.25) is 0 Å². The highest BCUT2D eigenvalue weighted by Gasteiger charge is 2.21. The average Bonchev–Trinajstić information content (AvgIpc) is 3.13. The van der Waals surface area contributed by atoms with Gasteiger partial charge in [0.2, 0.25) is 5.91 Å². The third kappa shape index (κ3) is 6.38. The second-order valence-corrected chi connectivity index (χ2v) is 6.60. The Hall–Kier alpha value is -2.23. The Bertz CT molecular complexity index is 858. The van der Waals surface area contributed by atoms with Crippen molar-refractivity contribution in [3.05, 3.63) is 65.2 Å². The van der Waals surface area contributed by atoms with Gasteiger partial charge in [0.15, 0.2) is 5.96 Å². The van der Waals surface area contributed by atoms with Crippen LogP contribution in [0.3, 0.4) is 0 Å². The zero-order valence-electron chi connectivity index (χ0n) is 16.3. The van der Waals surface area contributed by atoms with Gasteiger partial charge >= 0.3 is 0 Å². The fourth-order valence-corrected chi connectivity index (χ4v) is 3.07. The molecule has 0 unspecified atom stereocenters. The summed E-state index contributed by atoms with van der Waals surface area (Å²) in [6, 6.07) is 11.1. The van der Waals surface area contributed by atoms with Gasteiger partial charge in [-0.1, -0.05) is 12.1 Å². The lowest BCUT2D eigenvalue weighted by Crippen LogP contribution is -2.37. The Morgan fingerprint density at radius 3 is 2.55 bits per heavy atom. The summed E-state index contributed by atoms with van der Waals surface area (Å²) in [6.07, 6.45) is 1.50. The van der Waals surface area contributed by atoms with Gasteiger partial charge in [-0.05, 0) is 49.2 Å². The highest BCUT2D eigenvalue weighted by molar-refractivity contribution is 14.0. The highest BCUT2D eigenvalue weighted by atomic mass is 127. The van der Waals surface area contributed by atoms with Gasteiger partial charge in [0.1, 0.15) is 11.6 Å². The molecule has 0 aromatic heterocycles. The van der Waals surface area contributed by atoms with Gasteiger partial charge in [0.05, 0.1) is 6.54 Å². The van der Waals surface area contributed by atoms with Crippen LogP contribution in [-0.2, 0) is 17.9 Å².